The molecule has 5 amide bonds. The molecule has 3 aromatic rings. The lowest BCUT2D eigenvalue weighted by Gasteiger charge is -2.27. The van der Waals surface area contributed by atoms with Crippen molar-refractivity contribution >= 4 is 52.3 Å². The van der Waals surface area contributed by atoms with Crippen LogP contribution in [0.2, 0.25) is 0 Å². The maximum Gasteiger partial charge on any atom is 0.326 e. The highest BCUT2D eigenvalue weighted by Gasteiger charge is 2.33. The smallest absolute Gasteiger partial charge is 0.326 e. The molecule has 20 heteroatoms. The number of unbranched alkanes of at least 4 members (excludes halogenated alkanes) is 1. The average molecular weight is 854 g/mol. The van der Waals surface area contributed by atoms with E-state index in [0.29, 0.717) is 36.2 Å². The lowest BCUT2D eigenvalue weighted by Crippen LogP contribution is -2.60. The molecule has 1 aromatic heterocycles. The summed E-state index contributed by atoms with van der Waals surface area (Å²) in [4.78, 5) is 99.2. The first-order valence-electron chi connectivity index (χ1n) is 19.4. The number of carbonyl (C=O) groups is 7. The summed E-state index contributed by atoms with van der Waals surface area (Å²) in [5, 5.41) is 32.2. The molecule has 0 saturated heterocycles. The molecule has 12 N–H and O–H groups in total. The van der Waals surface area contributed by atoms with Crippen molar-refractivity contribution in [1.29, 1.82) is 0 Å². The van der Waals surface area contributed by atoms with E-state index in [-0.39, 0.29) is 44.3 Å². The van der Waals surface area contributed by atoms with Crippen molar-refractivity contribution in [3.63, 3.8) is 0 Å². The van der Waals surface area contributed by atoms with E-state index in [1.807, 2.05) is 0 Å². The van der Waals surface area contributed by atoms with Gasteiger partial charge in [-0.2, -0.15) is 0 Å². The Hall–Kier alpha value is -5.99. The molecule has 326 valence electrons. The highest BCUT2D eigenvalue weighted by atomic mass is 32.2. The number of carboxylic acids is 2. The van der Waals surface area contributed by atoms with Gasteiger partial charge in [0.05, 0.1) is 12.4 Å². The minimum absolute atomic E-state index is 0.0177. The van der Waals surface area contributed by atoms with Crippen molar-refractivity contribution in [3.8, 4) is 0 Å². The second kappa shape index (κ2) is 25.5. The molecule has 2 aromatic carbocycles. The Morgan fingerprint density at radius 3 is 1.65 bits per heavy atom. The second-order valence-electron chi connectivity index (χ2n) is 14.2. The lowest BCUT2D eigenvalue weighted by molar-refractivity contribution is -0.142. The van der Waals surface area contributed by atoms with Gasteiger partial charge in [-0.3, -0.25) is 33.0 Å². The van der Waals surface area contributed by atoms with Crippen LogP contribution in [-0.2, 0) is 63.6 Å². The van der Waals surface area contributed by atoms with Gasteiger partial charge in [0.2, 0.25) is 29.5 Å². The van der Waals surface area contributed by atoms with Gasteiger partial charge >= 0.3 is 11.9 Å². The van der Waals surface area contributed by atoms with Crippen LogP contribution in [0.3, 0.4) is 0 Å². The molecule has 0 aliphatic carbocycles. The fraction of sp³-hybridized carbons (Fsp3) is 0.450. The Morgan fingerprint density at radius 2 is 1.15 bits per heavy atom. The quantitative estimate of drug-likeness (QED) is 0.0414. The topological polar surface area (TPSA) is 318 Å². The summed E-state index contributed by atoms with van der Waals surface area (Å²) in [5.74, 6) is -6.51. The number of nitrogens with one attached hydrogen (secondary N) is 6. The van der Waals surface area contributed by atoms with Crippen molar-refractivity contribution < 1.29 is 48.0 Å². The van der Waals surface area contributed by atoms with Crippen LogP contribution >= 0.6 is 0 Å². The van der Waals surface area contributed by atoms with Gasteiger partial charge in [0.25, 0.3) is 0 Å². The molecule has 3 rings (SSSR count). The SMILES string of the molecule is CS(=O)CC[C@H](N)C(=O)N[C@@H](CCC(=O)O)C(=O)N[C@@H](Cc1cnc[nH]1)C(=O)N[C@@H](Cc1ccccc1)C(=O)N[C@H](CCCCN)C(=O)N[C@@H](Cc1ccccc1)C(=O)O. The molecule has 0 aliphatic heterocycles. The van der Waals surface area contributed by atoms with Gasteiger partial charge in [0, 0.05) is 60.4 Å². The zero-order valence-corrected chi connectivity index (χ0v) is 34.2. The Morgan fingerprint density at radius 1 is 0.667 bits per heavy atom. The Kier molecular flexibility index (Phi) is 20.5. The van der Waals surface area contributed by atoms with Crippen LogP contribution in [-0.4, -0.2) is 121 Å². The van der Waals surface area contributed by atoms with Crippen LogP contribution in [0.1, 0.15) is 55.3 Å². The summed E-state index contributed by atoms with van der Waals surface area (Å²) in [6.07, 6.45) is 4.09. The maximum absolute atomic E-state index is 14.2. The first kappa shape index (κ1) is 48.4. The van der Waals surface area contributed by atoms with Crippen LogP contribution < -0.4 is 38.1 Å². The Bertz CT molecular complexity index is 1890. The molecule has 1 heterocycles. The van der Waals surface area contributed by atoms with Crippen LogP contribution in [0.5, 0.6) is 0 Å². The molecule has 0 spiro atoms. The number of nitrogens with two attached hydrogens (primary N) is 2. The van der Waals surface area contributed by atoms with E-state index < -0.39 is 94.9 Å². The molecule has 0 fully saturated rings. The molecule has 0 radical (unpaired) electrons. The third kappa shape index (κ3) is 17.5. The molecule has 1 unspecified atom stereocenters. The van der Waals surface area contributed by atoms with Crippen molar-refractivity contribution in [2.24, 2.45) is 11.5 Å². The van der Waals surface area contributed by atoms with E-state index in [4.69, 9.17) is 11.5 Å². The molecule has 0 bridgehead atoms. The van der Waals surface area contributed by atoms with Gasteiger partial charge in [-0.15, -0.1) is 0 Å². The van der Waals surface area contributed by atoms with Crippen LogP contribution in [0.4, 0.5) is 0 Å². The zero-order valence-electron chi connectivity index (χ0n) is 33.3. The van der Waals surface area contributed by atoms with E-state index in [1.54, 1.807) is 60.7 Å². The summed E-state index contributed by atoms with van der Waals surface area (Å²) >= 11 is 0. The van der Waals surface area contributed by atoms with E-state index in [2.05, 4.69) is 36.6 Å². The normalized spacial score (nSPS) is 14.5. The van der Waals surface area contributed by atoms with Gasteiger partial charge in [-0.1, -0.05) is 60.7 Å². The van der Waals surface area contributed by atoms with Crippen molar-refractivity contribution in [2.75, 3.05) is 18.6 Å². The number of hydrogen-bond donors (Lipinski definition) is 10. The summed E-state index contributed by atoms with van der Waals surface area (Å²) in [6.45, 7) is 0.304. The predicted molar refractivity (Wildman–Crippen MR) is 221 cm³/mol. The number of H-pyrrole nitrogens is 1. The number of nitrogens with zero attached hydrogens (tertiary/aromatic N) is 1. The number of imidazole rings is 1. The third-order valence-corrected chi connectivity index (χ3v) is 10.1. The summed E-state index contributed by atoms with van der Waals surface area (Å²) < 4.78 is 11.6. The van der Waals surface area contributed by atoms with E-state index >= 15 is 0 Å². The number of carbonyl (C=O) groups excluding carboxylic acids is 5. The second-order valence-corrected chi connectivity index (χ2v) is 15.7. The van der Waals surface area contributed by atoms with Gasteiger partial charge < -0.3 is 53.2 Å². The van der Waals surface area contributed by atoms with E-state index in [1.165, 1.54) is 18.8 Å². The van der Waals surface area contributed by atoms with Crippen molar-refractivity contribution in [1.82, 2.24) is 36.6 Å². The average Bonchev–Trinajstić information content (AvgIpc) is 3.74. The summed E-state index contributed by atoms with van der Waals surface area (Å²) in [7, 11) is -1.25. The van der Waals surface area contributed by atoms with Crippen LogP contribution in [0, 0.1) is 0 Å². The highest BCUT2D eigenvalue weighted by Crippen LogP contribution is 2.11. The van der Waals surface area contributed by atoms with Crippen LogP contribution in [0.25, 0.3) is 0 Å². The highest BCUT2D eigenvalue weighted by molar-refractivity contribution is 7.84. The lowest BCUT2D eigenvalue weighted by atomic mass is 10.0. The van der Waals surface area contributed by atoms with E-state index in [9.17, 15) is 48.0 Å². The fourth-order valence-corrected chi connectivity index (χ4v) is 6.61. The summed E-state index contributed by atoms with van der Waals surface area (Å²) in [5.41, 5.74) is 13.3. The minimum Gasteiger partial charge on any atom is -0.481 e. The number of aromatic amines is 1. The number of aromatic nitrogens is 2. The standard InChI is InChI=1S/C40H55N9O10S/c1-60(59)19-17-28(42)35(52)45-30(15-16-34(50)51)37(54)48-32(22-27-23-43-24-44-27)39(56)47-31(20-25-10-4-2-5-11-25)38(55)46-29(14-8-9-18-41)36(53)49-33(40(57)58)21-26-12-6-3-7-13-26/h2-7,10-13,23-24,28-33H,8-9,14-22,41-42H2,1H3,(H,43,44)(H,45,52)(H,46,55)(H,47,56)(H,48,54)(H,49,53)(H,50,51)(H,57,58)/t28-,29+,30-,31-,32-,33-,60?/m0/s1. The predicted octanol–water partition coefficient (Wildman–Crippen LogP) is -0.964. The third-order valence-electron chi connectivity index (χ3n) is 9.34. The molecular weight excluding hydrogens is 799 g/mol. The zero-order chi connectivity index (χ0) is 44.0. The fourth-order valence-electron chi connectivity index (χ4n) is 6.02. The number of hydrogen-bond acceptors (Lipinski definition) is 11. The van der Waals surface area contributed by atoms with Crippen LogP contribution in [0.15, 0.2) is 73.2 Å². The first-order valence-corrected chi connectivity index (χ1v) is 21.2. The molecule has 0 aliphatic rings. The Balaban J connectivity index is 1.89. The molecule has 60 heavy (non-hydrogen) atoms. The number of amides is 5. The number of aliphatic carboxylic acids is 2. The monoisotopic (exact) mass is 853 g/mol. The molecule has 0 saturated carbocycles. The van der Waals surface area contributed by atoms with Crippen molar-refractivity contribution in [3.05, 3.63) is 90.0 Å². The molecule has 19 nitrogen and oxygen atoms in total. The van der Waals surface area contributed by atoms with E-state index in [0.717, 1.165) is 0 Å². The van der Waals surface area contributed by atoms with Crippen molar-refractivity contribution in [2.45, 2.75) is 94.0 Å². The molecular formula is C40H55N9O10S. The van der Waals surface area contributed by atoms with Gasteiger partial charge in [-0.05, 0) is 49.8 Å². The summed E-state index contributed by atoms with van der Waals surface area (Å²) in [6, 6.07) is 9.48. The first-order chi connectivity index (χ1) is 28.7. The molecule has 7 atom stereocenters. The number of rotatable bonds is 27. The van der Waals surface area contributed by atoms with Gasteiger partial charge in [0.1, 0.15) is 30.2 Å². The Labute approximate surface area is 350 Å². The number of benzene rings is 2. The largest absolute Gasteiger partial charge is 0.481 e. The maximum atomic E-state index is 14.2. The minimum atomic E-state index is -1.45. The number of carboxylic acid groups (broad SMARTS) is 2. The van der Waals surface area contributed by atoms with Gasteiger partial charge in [0.15, 0.2) is 0 Å². The van der Waals surface area contributed by atoms with Gasteiger partial charge in [-0.25, -0.2) is 9.78 Å².